The van der Waals surface area contributed by atoms with E-state index in [9.17, 15) is 8.42 Å². The van der Waals surface area contributed by atoms with E-state index < -0.39 is 10.0 Å². The molecular weight excluding hydrogens is 322 g/mol. The number of sulfonamides is 1. The lowest BCUT2D eigenvalue weighted by molar-refractivity contribution is 0.601. The lowest BCUT2D eigenvalue weighted by Crippen LogP contribution is -2.14. The molecule has 0 atom stereocenters. The van der Waals surface area contributed by atoms with Crippen LogP contribution in [0.2, 0.25) is 0 Å². The summed E-state index contributed by atoms with van der Waals surface area (Å²) in [6.07, 6.45) is 4.31. The van der Waals surface area contributed by atoms with Crippen LogP contribution in [0.5, 0.6) is 0 Å². The number of nitrogens with zero attached hydrogens (tertiary/aromatic N) is 3. The van der Waals surface area contributed by atoms with Crippen molar-refractivity contribution in [1.29, 1.82) is 0 Å². The Kier molecular flexibility index (Phi) is 3.26. The fourth-order valence-corrected chi connectivity index (χ4v) is 3.01. The molecule has 0 spiro atoms. The molecule has 0 aromatic carbocycles. The second-order valence-electron chi connectivity index (χ2n) is 3.51. The number of pyridine rings is 1. The number of hydrogen-bond donors (Lipinski definition) is 2. The molecule has 2 aromatic heterocycles. The summed E-state index contributed by atoms with van der Waals surface area (Å²) in [5, 5.41) is 3.79. The third-order valence-corrected chi connectivity index (χ3v) is 4.14. The van der Waals surface area contributed by atoms with Gasteiger partial charge in [0.15, 0.2) is 5.82 Å². The van der Waals surface area contributed by atoms with E-state index in [1.54, 1.807) is 7.05 Å². The van der Waals surface area contributed by atoms with Crippen LogP contribution in [-0.4, -0.2) is 23.2 Å². The maximum atomic E-state index is 12.1. The van der Waals surface area contributed by atoms with Crippen LogP contribution in [-0.2, 0) is 17.1 Å². The second kappa shape index (κ2) is 4.58. The summed E-state index contributed by atoms with van der Waals surface area (Å²) in [5.41, 5.74) is 5.93. The van der Waals surface area contributed by atoms with Crippen molar-refractivity contribution < 1.29 is 8.42 Å². The minimum absolute atomic E-state index is 0.0461. The molecule has 18 heavy (non-hydrogen) atoms. The van der Waals surface area contributed by atoms with Crippen molar-refractivity contribution in [3.8, 4) is 0 Å². The van der Waals surface area contributed by atoms with Gasteiger partial charge in [-0.05, 0) is 22.0 Å². The molecule has 96 valence electrons. The first kappa shape index (κ1) is 12.8. The van der Waals surface area contributed by atoms with Gasteiger partial charge in [-0.15, -0.1) is 0 Å². The summed E-state index contributed by atoms with van der Waals surface area (Å²) < 4.78 is 28.5. The molecule has 0 aliphatic carbocycles. The lowest BCUT2D eigenvalue weighted by Gasteiger charge is -2.07. The fraction of sp³-hybridized carbons (Fsp3) is 0.111. The van der Waals surface area contributed by atoms with Gasteiger partial charge in [-0.3, -0.25) is 14.4 Å². The lowest BCUT2D eigenvalue weighted by atomic mass is 10.4. The van der Waals surface area contributed by atoms with Crippen LogP contribution in [0.1, 0.15) is 0 Å². The molecule has 2 rings (SSSR count). The van der Waals surface area contributed by atoms with Gasteiger partial charge in [-0.2, -0.15) is 5.10 Å². The highest BCUT2D eigenvalue weighted by Crippen LogP contribution is 2.25. The predicted octanol–water partition coefficient (Wildman–Crippen LogP) is 0.961. The molecule has 0 bridgehead atoms. The van der Waals surface area contributed by atoms with E-state index in [1.165, 1.54) is 29.3 Å². The second-order valence-corrected chi connectivity index (χ2v) is 6.02. The number of rotatable bonds is 3. The SMILES string of the molecule is Cn1cc(S(=O)(=O)Nc2ccncc2Br)c(N)n1. The van der Waals surface area contributed by atoms with E-state index in [1.807, 2.05) is 0 Å². The first-order valence-corrected chi connectivity index (χ1v) is 7.09. The van der Waals surface area contributed by atoms with Crippen molar-refractivity contribution in [3.05, 3.63) is 29.1 Å². The van der Waals surface area contributed by atoms with Crippen LogP contribution >= 0.6 is 15.9 Å². The van der Waals surface area contributed by atoms with Gasteiger partial charge >= 0.3 is 0 Å². The summed E-state index contributed by atoms with van der Waals surface area (Å²) >= 11 is 3.20. The zero-order valence-electron chi connectivity index (χ0n) is 9.33. The Morgan fingerprint density at radius 1 is 1.50 bits per heavy atom. The van der Waals surface area contributed by atoms with Crippen molar-refractivity contribution in [2.24, 2.45) is 7.05 Å². The van der Waals surface area contributed by atoms with E-state index in [4.69, 9.17) is 5.73 Å². The Morgan fingerprint density at radius 3 is 2.78 bits per heavy atom. The van der Waals surface area contributed by atoms with Crippen molar-refractivity contribution in [1.82, 2.24) is 14.8 Å². The molecule has 0 amide bonds. The molecule has 9 heteroatoms. The number of hydrogen-bond acceptors (Lipinski definition) is 5. The Labute approximate surface area is 112 Å². The highest BCUT2D eigenvalue weighted by molar-refractivity contribution is 9.10. The minimum Gasteiger partial charge on any atom is -0.381 e. The quantitative estimate of drug-likeness (QED) is 0.871. The van der Waals surface area contributed by atoms with Crippen LogP contribution in [0, 0.1) is 0 Å². The molecule has 0 saturated heterocycles. The minimum atomic E-state index is -3.76. The largest absolute Gasteiger partial charge is 0.381 e. The topological polar surface area (TPSA) is 103 Å². The van der Waals surface area contributed by atoms with Crippen LogP contribution in [0.4, 0.5) is 11.5 Å². The van der Waals surface area contributed by atoms with Crippen LogP contribution in [0.15, 0.2) is 34.0 Å². The smallest absolute Gasteiger partial charge is 0.267 e. The summed E-state index contributed by atoms with van der Waals surface area (Å²) in [6.45, 7) is 0. The number of aromatic nitrogens is 3. The number of nitrogen functional groups attached to an aromatic ring is 1. The Balaban J connectivity index is 2.40. The number of aryl methyl sites for hydroxylation is 1. The van der Waals surface area contributed by atoms with Gasteiger partial charge in [-0.25, -0.2) is 8.42 Å². The first-order chi connectivity index (χ1) is 8.40. The van der Waals surface area contributed by atoms with Crippen LogP contribution < -0.4 is 10.5 Å². The highest BCUT2D eigenvalue weighted by atomic mass is 79.9. The maximum Gasteiger partial charge on any atom is 0.267 e. The monoisotopic (exact) mass is 331 g/mol. The van der Waals surface area contributed by atoms with Crippen molar-refractivity contribution in [2.75, 3.05) is 10.5 Å². The Bertz CT molecular complexity index is 682. The molecule has 0 aliphatic rings. The van der Waals surface area contributed by atoms with E-state index in [0.29, 0.717) is 10.2 Å². The summed E-state index contributed by atoms with van der Waals surface area (Å²) in [6, 6.07) is 1.54. The molecule has 2 aromatic rings. The molecule has 0 aliphatic heterocycles. The maximum absolute atomic E-state index is 12.1. The highest BCUT2D eigenvalue weighted by Gasteiger charge is 2.21. The Hall–Kier alpha value is -1.61. The van der Waals surface area contributed by atoms with Crippen molar-refractivity contribution >= 4 is 37.5 Å². The zero-order chi connectivity index (χ0) is 13.3. The van der Waals surface area contributed by atoms with Crippen LogP contribution in [0.25, 0.3) is 0 Å². The molecule has 0 unspecified atom stereocenters. The van der Waals surface area contributed by atoms with E-state index in [-0.39, 0.29) is 10.7 Å². The molecule has 0 fully saturated rings. The van der Waals surface area contributed by atoms with Crippen molar-refractivity contribution in [2.45, 2.75) is 4.90 Å². The number of nitrogens with two attached hydrogens (primary N) is 1. The predicted molar refractivity (Wildman–Crippen MR) is 70.4 cm³/mol. The van der Waals surface area contributed by atoms with Gasteiger partial charge < -0.3 is 5.73 Å². The third-order valence-electron chi connectivity index (χ3n) is 2.13. The summed E-state index contributed by atoms with van der Waals surface area (Å²) in [7, 11) is -2.17. The van der Waals surface area contributed by atoms with Gasteiger partial charge in [0.2, 0.25) is 0 Å². The summed E-state index contributed by atoms with van der Waals surface area (Å²) in [4.78, 5) is 3.79. The molecule has 0 radical (unpaired) electrons. The number of anilines is 2. The average Bonchev–Trinajstić information content (AvgIpc) is 2.62. The number of halogens is 1. The van der Waals surface area contributed by atoms with E-state index in [0.717, 1.165) is 0 Å². The normalized spacial score (nSPS) is 11.4. The van der Waals surface area contributed by atoms with Gasteiger partial charge in [-0.1, -0.05) is 0 Å². The van der Waals surface area contributed by atoms with Gasteiger partial charge in [0.25, 0.3) is 10.0 Å². The van der Waals surface area contributed by atoms with Gasteiger partial charge in [0, 0.05) is 25.6 Å². The summed E-state index contributed by atoms with van der Waals surface area (Å²) in [5.74, 6) is -0.0461. The molecule has 3 N–H and O–H groups in total. The van der Waals surface area contributed by atoms with Crippen molar-refractivity contribution in [3.63, 3.8) is 0 Å². The van der Waals surface area contributed by atoms with Gasteiger partial charge in [0.05, 0.1) is 10.2 Å². The molecule has 2 heterocycles. The number of nitrogens with one attached hydrogen (secondary N) is 1. The standard InChI is InChI=1S/C9H10BrN5O2S/c1-15-5-8(9(11)13-15)18(16,17)14-7-2-3-12-4-6(7)10/h2-5H,1H3,(H2,11,13)(H,12,14). The van der Waals surface area contributed by atoms with E-state index >= 15 is 0 Å². The zero-order valence-corrected chi connectivity index (χ0v) is 11.7. The third kappa shape index (κ3) is 2.46. The average molecular weight is 332 g/mol. The van der Waals surface area contributed by atoms with Gasteiger partial charge in [0.1, 0.15) is 4.90 Å². The first-order valence-electron chi connectivity index (χ1n) is 4.81. The Morgan fingerprint density at radius 2 is 2.22 bits per heavy atom. The fourth-order valence-electron chi connectivity index (χ4n) is 1.35. The molecule has 0 saturated carbocycles. The molecule has 7 nitrogen and oxygen atoms in total. The molecular formula is C9H10BrN5O2S. The van der Waals surface area contributed by atoms with E-state index in [2.05, 4.69) is 30.7 Å². The van der Waals surface area contributed by atoms with Crippen LogP contribution in [0.3, 0.4) is 0 Å².